The van der Waals surface area contributed by atoms with Crippen molar-refractivity contribution < 1.29 is 17.8 Å². The topological polar surface area (TPSA) is 44.8 Å². The van der Waals surface area contributed by atoms with Gasteiger partial charge in [-0.25, -0.2) is 4.79 Å². The fraction of sp³-hybridized carbons (Fsp3) is 0.700. The molecule has 4 nitrogen and oxygen atoms in total. The number of carbonyl (C=O) groups excluding carboxylic acids is 1. The SMILES string of the molecule is C=CC(=O)OCC[SiH2]O[Si](C)(C)O[Si](C)(C)C. The van der Waals surface area contributed by atoms with Crippen LogP contribution < -0.4 is 0 Å². The van der Waals surface area contributed by atoms with E-state index in [1.165, 1.54) is 6.08 Å². The van der Waals surface area contributed by atoms with Crippen molar-refractivity contribution in [1.29, 1.82) is 0 Å². The molecule has 100 valence electrons. The van der Waals surface area contributed by atoms with Gasteiger partial charge in [-0.2, -0.15) is 0 Å². The minimum absolute atomic E-state index is 0.367. The van der Waals surface area contributed by atoms with Gasteiger partial charge >= 0.3 is 14.5 Å². The molecule has 0 N–H and O–H groups in total. The molecule has 0 aliphatic heterocycles. The predicted molar refractivity (Wildman–Crippen MR) is 77.5 cm³/mol. The van der Waals surface area contributed by atoms with E-state index < -0.39 is 26.6 Å². The molecular formula is C10H24O4Si3. The van der Waals surface area contributed by atoms with E-state index in [-0.39, 0.29) is 5.97 Å². The Morgan fingerprint density at radius 1 is 1.29 bits per heavy atom. The summed E-state index contributed by atoms with van der Waals surface area (Å²) in [6, 6.07) is 0.824. The van der Waals surface area contributed by atoms with Crippen molar-refractivity contribution in [1.82, 2.24) is 0 Å². The Kier molecular flexibility index (Phi) is 7.17. The van der Waals surface area contributed by atoms with E-state index in [0.717, 1.165) is 6.04 Å². The Morgan fingerprint density at radius 3 is 2.35 bits per heavy atom. The Labute approximate surface area is 109 Å². The molecule has 0 fully saturated rings. The first-order valence-corrected chi connectivity index (χ1v) is 13.6. The number of hydrogen-bond acceptors (Lipinski definition) is 4. The fourth-order valence-corrected chi connectivity index (χ4v) is 10.8. The summed E-state index contributed by atoms with van der Waals surface area (Å²) in [6.45, 7) is 14.4. The van der Waals surface area contributed by atoms with E-state index in [2.05, 4.69) is 39.3 Å². The maximum atomic E-state index is 10.8. The monoisotopic (exact) mass is 292 g/mol. The summed E-state index contributed by atoms with van der Waals surface area (Å²) in [6.07, 6.45) is 1.18. The van der Waals surface area contributed by atoms with Crippen molar-refractivity contribution in [2.75, 3.05) is 6.61 Å². The van der Waals surface area contributed by atoms with Crippen molar-refractivity contribution in [3.8, 4) is 0 Å². The predicted octanol–water partition coefficient (Wildman–Crippen LogP) is 1.79. The van der Waals surface area contributed by atoms with Crippen LogP contribution in [0.15, 0.2) is 12.7 Å². The third-order valence-corrected chi connectivity index (χ3v) is 10.3. The molecule has 0 bridgehead atoms. The summed E-state index contributed by atoms with van der Waals surface area (Å²) in [5.74, 6) is -0.367. The van der Waals surface area contributed by atoms with Crippen LogP contribution in [0.25, 0.3) is 0 Å². The maximum Gasteiger partial charge on any atom is 0.330 e. The average molecular weight is 293 g/mol. The van der Waals surface area contributed by atoms with Crippen LogP contribution in [0, 0.1) is 0 Å². The summed E-state index contributed by atoms with van der Waals surface area (Å²) in [7, 11) is -4.15. The van der Waals surface area contributed by atoms with Crippen LogP contribution in [-0.2, 0) is 17.8 Å². The molecular weight excluding hydrogens is 268 g/mol. The van der Waals surface area contributed by atoms with Gasteiger partial charge in [-0.1, -0.05) is 6.58 Å². The molecule has 0 aromatic carbocycles. The first-order valence-electron chi connectivity index (χ1n) is 5.79. The quantitative estimate of drug-likeness (QED) is 0.296. The number of esters is 1. The lowest BCUT2D eigenvalue weighted by atomic mass is 10.6. The first-order chi connectivity index (χ1) is 7.66. The van der Waals surface area contributed by atoms with Crippen LogP contribution in [0.2, 0.25) is 38.8 Å². The molecule has 0 aromatic rings. The van der Waals surface area contributed by atoms with Crippen LogP contribution in [0.3, 0.4) is 0 Å². The van der Waals surface area contributed by atoms with Gasteiger partial charge in [0.1, 0.15) is 0 Å². The molecule has 0 aliphatic carbocycles. The maximum absolute atomic E-state index is 10.8. The molecule has 0 unspecified atom stereocenters. The van der Waals surface area contributed by atoms with Gasteiger partial charge in [0.05, 0.1) is 6.61 Å². The Bertz CT molecular complexity index is 261. The number of rotatable bonds is 8. The second-order valence-corrected chi connectivity index (χ2v) is 15.3. The normalized spacial score (nSPS) is 13.0. The van der Waals surface area contributed by atoms with E-state index in [9.17, 15) is 4.79 Å². The van der Waals surface area contributed by atoms with Crippen molar-refractivity contribution >= 4 is 32.6 Å². The molecule has 7 heteroatoms. The summed E-state index contributed by atoms with van der Waals surface area (Å²) in [4.78, 5) is 10.8. The highest BCUT2D eigenvalue weighted by atomic mass is 28.5. The zero-order valence-electron chi connectivity index (χ0n) is 11.5. The van der Waals surface area contributed by atoms with Gasteiger partial charge in [0.2, 0.25) is 0 Å². The van der Waals surface area contributed by atoms with E-state index >= 15 is 0 Å². The highest BCUT2D eigenvalue weighted by Gasteiger charge is 2.30. The van der Waals surface area contributed by atoms with Crippen LogP contribution in [-0.4, -0.2) is 39.2 Å². The average Bonchev–Trinajstić information content (AvgIpc) is 2.12. The zero-order chi connectivity index (χ0) is 13.5. The highest BCUT2D eigenvalue weighted by Crippen LogP contribution is 2.14. The van der Waals surface area contributed by atoms with Crippen LogP contribution >= 0.6 is 0 Å². The van der Waals surface area contributed by atoms with Gasteiger partial charge < -0.3 is 13.0 Å². The largest absolute Gasteiger partial charge is 0.463 e. The number of ether oxygens (including phenoxy) is 1. The van der Waals surface area contributed by atoms with Crippen LogP contribution in [0.4, 0.5) is 0 Å². The van der Waals surface area contributed by atoms with Gasteiger partial charge in [-0.3, -0.25) is 0 Å². The van der Waals surface area contributed by atoms with Gasteiger partial charge in [0, 0.05) is 6.08 Å². The zero-order valence-corrected chi connectivity index (χ0v) is 15.0. The molecule has 0 aromatic heterocycles. The lowest BCUT2D eigenvalue weighted by Crippen LogP contribution is -2.45. The van der Waals surface area contributed by atoms with Crippen molar-refractivity contribution in [2.24, 2.45) is 0 Å². The van der Waals surface area contributed by atoms with E-state index in [1.54, 1.807) is 0 Å². The van der Waals surface area contributed by atoms with E-state index in [1.807, 2.05) is 0 Å². The highest BCUT2D eigenvalue weighted by molar-refractivity contribution is 6.82. The first kappa shape index (κ1) is 16.8. The molecule has 0 atom stereocenters. The van der Waals surface area contributed by atoms with Crippen LogP contribution in [0.5, 0.6) is 0 Å². The standard InChI is InChI=1S/C10H24O4Si3/c1-7-10(11)12-8-9-15-13-17(5,6)14-16(2,3)4/h7H,1,8-9,15H2,2-6H3. The van der Waals surface area contributed by atoms with E-state index in [4.69, 9.17) is 13.0 Å². The molecule has 0 heterocycles. The minimum Gasteiger partial charge on any atom is -0.463 e. The lowest BCUT2D eigenvalue weighted by molar-refractivity contribution is -0.137. The smallest absolute Gasteiger partial charge is 0.330 e. The molecule has 0 rings (SSSR count). The molecule has 0 spiro atoms. The third-order valence-electron chi connectivity index (χ3n) is 1.70. The third kappa shape index (κ3) is 10.6. The molecule has 0 radical (unpaired) electrons. The molecule has 0 aliphatic rings. The number of carbonyl (C=O) groups is 1. The van der Waals surface area contributed by atoms with Gasteiger partial charge in [0.15, 0.2) is 18.1 Å². The summed E-state index contributed by atoms with van der Waals surface area (Å²) >= 11 is 0. The van der Waals surface area contributed by atoms with Gasteiger partial charge in [-0.15, -0.1) is 0 Å². The Morgan fingerprint density at radius 2 is 1.88 bits per heavy atom. The molecule has 0 amide bonds. The van der Waals surface area contributed by atoms with Crippen LogP contribution in [0.1, 0.15) is 0 Å². The van der Waals surface area contributed by atoms with Crippen molar-refractivity contribution in [2.45, 2.75) is 38.8 Å². The minimum atomic E-state index is -1.96. The number of hydrogen-bond donors (Lipinski definition) is 0. The molecule has 0 saturated carbocycles. The van der Waals surface area contributed by atoms with E-state index in [0.29, 0.717) is 6.61 Å². The second kappa shape index (κ2) is 7.27. The summed E-state index contributed by atoms with van der Waals surface area (Å²) in [5.41, 5.74) is 0. The molecule has 17 heavy (non-hydrogen) atoms. The summed E-state index contributed by atoms with van der Waals surface area (Å²) < 4.78 is 16.8. The Balaban J connectivity index is 3.73. The lowest BCUT2D eigenvalue weighted by Gasteiger charge is -2.31. The second-order valence-electron chi connectivity index (χ2n) is 5.19. The van der Waals surface area contributed by atoms with Gasteiger partial charge in [-0.05, 0) is 38.8 Å². The van der Waals surface area contributed by atoms with Crippen molar-refractivity contribution in [3.63, 3.8) is 0 Å². The fourth-order valence-electron chi connectivity index (χ4n) is 1.38. The Hall–Kier alpha value is -0.219. The summed E-state index contributed by atoms with van der Waals surface area (Å²) in [5, 5.41) is 0. The molecule has 0 saturated heterocycles. The van der Waals surface area contributed by atoms with Gasteiger partial charge in [0.25, 0.3) is 0 Å². The van der Waals surface area contributed by atoms with Crippen molar-refractivity contribution in [3.05, 3.63) is 12.7 Å².